The number of hydrogen-bond donors (Lipinski definition) is 1. The maximum Gasteiger partial charge on any atom is 0.0416 e. The van der Waals surface area contributed by atoms with E-state index < -0.39 is 0 Å². The molecule has 92 valence electrons. The molecule has 0 unspecified atom stereocenters. The van der Waals surface area contributed by atoms with Gasteiger partial charge in [0, 0.05) is 24.5 Å². The predicted octanol–water partition coefficient (Wildman–Crippen LogP) is 3.41. The van der Waals surface area contributed by atoms with Crippen LogP contribution in [0.2, 0.25) is 0 Å². The van der Waals surface area contributed by atoms with Gasteiger partial charge in [0.15, 0.2) is 0 Å². The number of nitrogens with zero attached hydrogens (tertiary/aromatic N) is 1. The highest BCUT2D eigenvalue weighted by atomic mass is 35.5. The van der Waals surface area contributed by atoms with Crippen LogP contribution >= 0.6 is 24.8 Å². The molecular weight excluding hydrogens is 243 g/mol. The van der Waals surface area contributed by atoms with Gasteiger partial charge in [-0.3, -0.25) is 0 Å². The Balaban J connectivity index is 0.00000112. The third-order valence-electron chi connectivity index (χ3n) is 3.04. The van der Waals surface area contributed by atoms with Gasteiger partial charge in [-0.2, -0.15) is 0 Å². The monoisotopic (exact) mass is 262 g/mol. The maximum atomic E-state index is 5.90. The smallest absolute Gasteiger partial charge is 0.0416 e. The fraction of sp³-hybridized carbons (Fsp3) is 0.500. The lowest BCUT2D eigenvalue weighted by Gasteiger charge is -2.30. The first-order valence-electron chi connectivity index (χ1n) is 5.39. The molecule has 16 heavy (non-hydrogen) atoms. The van der Waals surface area contributed by atoms with E-state index in [9.17, 15) is 0 Å². The van der Waals surface area contributed by atoms with E-state index in [0.29, 0.717) is 0 Å². The number of anilines is 2. The largest absolute Gasteiger partial charge is 0.398 e. The Hall–Kier alpha value is -0.600. The highest BCUT2D eigenvalue weighted by Gasteiger charge is 2.13. The van der Waals surface area contributed by atoms with Gasteiger partial charge in [0.05, 0.1) is 0 Å². The van der Waals surface area contributed by atoms with Crippen LogP contribution in [-0.2, 0) is 0 Å². The summed E-state index contributed by atoms with van der Waals surface area (Å²) in [6.45, 7) is 4.48. The lowest BCUT2D eigenvalue weighted by molar-refractivity contribution is 0.577. The minimum atomic E-state index is 0. The fourth-order valence-corrected chi connectivity index (χ4v) is 2.12. The van der Waals surface area contributed by atoms with Gasteiger partial charge in [0.1, 0.15) is 0 Å². The molecule has 0 atom stereocenters. The summed E-state index contributed by atoms with van der Waals surface area (Å²) in [6, 6.07) is 6.20. The number of rotatable bonds is 1. The van der Waals surface area contributed by atoms with Crippen molar-refractivity contribution >= 4 is 36.2 Å². The molecule has 1 saturated heterocycles. The Labute approximate surface area is 110 Å². The van der Waals surface area contributed by atoms with Crippen molar-refractivity contribution in [2.24, 2.45) is 0 Å². The number of piperidine rings is 1. The van der Waals surface area contributed by atoms with Gasteiger partial charge in [-0.1, -0.05) is 6.07 Å². The molecule has 1 aliphatic heterocycles. The van der Waals surface area contributed by atoms with Crippen molar-refractivity contribution in [1.82, 2.24) is 0 Å². The van der Waals surface area contributed by atoms with Crippen molar-refractivity contribution in [2.45, 2.75) is 26.2 Å². The minimum Gasteiger partial charge on any atom is -0.398 e. The lowest BCUT2D eigenvalue weighted by Crippen LogP contribution is -2.30. The van der Waals surface area contributed by atoms with Crippen molar-refractivity contribution in [1.29, 1.82) is 0 Å². The maximum absolute atomic E-state index is 5.90. The third-order valence-corrected chi connectivity index (χ3v) is 3.04. The van der Waals surface area contributed by atoms with E-state index in [-0.39, 0.29) is 24.8 Å². The Morgan fingerprint density at radius 1 is 1.06 bits per heavy atom. The fourth-order valence-electron chi connectivity index (χ4n) is 2.12. The SMILES string of the molecule is Cc1c(N)cccc1N1CCCCC1.Cl.Cl. The molecule has 1 aromatic carbocycles. The van der Waals surface area contributed by atoms with Crippen LogP contribution in [0.3, 0.4) is 0 Å². The van der Waals surface area contributed by atoms with Crippen LogP contribution < -0.4 is 10.6 Å². The van der Waals surface area contributed by atoms with Crippen LogP contribution in [0.1, 0.15) is 24.8 Å². The molecule has 0 bridgehead atoms. The normalized spacial score (nSPS) is 14.9. The van der Waals surface area contributed by atoms with E-state index in [1.165, 1.54) is 43.6 Å². The predicted molar refractivity (Wildman–Crippen MR) is 76.2 cm³/mol. The number of nitrogens with two attached hydrogens (primary N) is 1. The summed E-state index contributed by atoms with van der Waals surface area (Å²) >= 11 is 0. The second-order valence-electron chi connectivity index (χ2n) is 4.04. The van der Waals surface area contributed by atoms with Gasteiger partial charge in [0.2, 0.25) is 0 Å². The summed E-state index contributed by atoms with van der Waals surface area (Å²) in [5.74, 6) is 0. The van der Waals surface area contributed by atoms with Gasteiger partial charge < -0.3 is 10.6 Å². The minimum absolute atomic E-state index is 0. The molecule has 2 N–H and O–H groups in total. The summed E-state index contributed by atoms with van der Waals surface area (Å²) in [7, 11) is 0. The molecule has 2 rings (SSSR count). The number of hydrogen-bond acceptors (Lipinski definition) is 2. The van der Waals surface area contributed by atoms with Gasteiger partial charge in [0.25, 0.3) is 0 Å². The second kappa shape index (κ2) is 6.87. The first kappa shape index (κ1) is 15.4. The Morgan fingerprint density at radius 3 is 2.31 bits per heavy atom. The molecule has 0 saturated carbocycles. The molecule has 1 aliphatic rings. The molecule has 4 heteroatoms. The van der Waals surface area contributed by atoms with Crippen LogP contribution in [0.15, 0.2) is 18.2 Å². The van der Waals surface area contributed by atoms with Crippen LogP contribution in [0.4, 0.5) is 11.4 Å². The first-order valence-corrected chi connectivity index (χ1v) is 5.39. The number of halogens is 2. The van der Waals surface area contributed by atoms with Crippen LogP contribution in [0, 0.1) is 6.92 Å². The van der Waals surface area contributed by atoms with Gasteiger partial charge in [-0.05, 0) is 43.9 Å². The molecule has 0 aromatic heterocycles. The molecule has 0 amide bonds. The summed E-state index contributed by atoms with van der Waals surface area (Å²) in [5.41, 5.74) is 9.37. The lowest BCUT2D eigenvalue weighted by atomic mass is 10.1. The van der Waals surface area contributed by atoms with Crippen LogP contribution in [0.25, 0.3) is 0 Å². The van der Waals surface area contributed by atoms with Crippen molar-refractivity contribution in [3.8, 4) is 0 Å². The number of benzene rings is 1. The van der Waals surface area contributed by atoms with Crippen molar-refractivity contribution in [3.05, 3.63) is 23.8 Å². The summed E-state index contributed by atoms with van der Waals surface area (Å²) in [4.78, 5) is 2.45. The zero-order valence-corrected chi connectivity index (χ0v) is 11.2. The van der Waals surface area contributed by atoms with E-state index in [4.69, 9.17) is 5.73 Å². The Morgan fingerprint density at radius 2 is 1.69 bits per heavy atom. The summed E-state index contributed by atoms with van der Waals surface area (Å²) in [6.07, 6.45) is 4.00. The van der Waals surface area contributed by atoms with E-state index in [2.05, 4.69) is 17.9 Å². The van der Waals surface area contributed by atoms with Gasteiger partial charge in [-0.15, -0.1) is 24.8 Å². The molecule has 1 aromatic rings. The zero-order chi connectivity index (χ0) is 9.97. The zero-order valence-electron chi connectivity index (χ0n) is 9.61. The van der Waals surface area contributed by atoms with Crippen molar-refractivity contribution in [3.63, 3.8) is 0 Å². The average Bonchev–Trinajstić information content (AvgIpc) is 2.23. The average molecular weight is 263 g/mol. The molecule has 1 heterocycles. The molecular formula is C12H20Cl2N2. The molecule has 0 aliphatic carbocycles. The first-order chi connectivity index (χ1) is 6.79. The summed E-state index contributed by atoms with van der Waals surface area (Å²) in [5, 5.41) is 0. The number of nitrogen functional groups attached to an aromatic ring is 1. The second-order valence-corrected chi connectivity index (χ2v) is 4.04. The van der Waals surface area contributed by atoms with E-state index in [1.54, 1.807) is 0 Å². The topological polar surface area (TPSA) is 29.3 Å². The van der Waals surface area contributed by atoms with Crippen LogP contribution in [0.5, 0.6) is 0 Å². The highest BCUT2D eigenvalue weighted by molar-refractivity contribution is 5.85. The molecule has 0 radical (unpaired) electrons. The molecule has 0 spiro atoms. The van der Waals surface area contributed by atoms with Gasteiger partial charge >= 0.3 is 0 Å². The Bertz CT molecular complexity index is 323. The van der Waals surface area contributed by atoms with E-state index in [0.717, 1.165) is 5.69 Å². The van der Waals surface area contributed by atoms with E-state index in [1.807, 2.05) is 12.1 Å². The molecule has 2 nitrogen and oxygen atoms in total. The molecule has 1 fully saturated rings. The highest BCUT2D eigenvalue weighted by Crippen LogP contribution is 2.26. The Kier molecular flexibility index (Phi) is 6.61. The van der Waals surface area contributed by atoms with Crippen LogP contribution in [-0.4, -0.2) is 13.1 Å². The van der Waals surface area contributed by atoms with Gasteiger partial charge in [-0.25, -0.2) is 0 Å². The summed E-state index contributed by atoms with van der Waals surface area (Å²) < 4.78 is 0. The van der Waals surface area contributed by atoms with Crippen molar-refractivity contribution < 1.29 is 0 Å². The van der Waals surface area contributed by atoms with Crippen molar-refractivity contribution in [2.75, 3.05) is 23.7 Å². The third kappa shape index (κ3) is 3.19. The quantitative estimate of drug-likeness (QED) is 0.787. The van der Waals surface area contributed by atoms with E-state index >= 15 is 0 Å². The standard InChI is InChI=1S/C12H18N2.2ClH/c1-10-11(13)6-5-7-12(10)14-8-3-2-4-9-14;;/h5-7H,2-4,8-9,13H2,1H3;2*1H.